The first-order valence-corrected chi connectivity index (χ1v) is 5.25. The molecule has 90 valence electrons. The number of hydrazone groups is 1. The van der Waals surface area contributed by atoms with Crippen LogP contribution in [0.25, 0.3) is 0 Å². The maximum Gasteiger partial charge on any atom is 0.271 e. The molecule has 0 aliphatic heterocycles. The van der Waals surface area contributed by atoms with E-state index in [9.17, 15) is 9.18 Å². The highest BCUT2D eigenvalue weighted by Crippen LogP contribution is 2.02. The monoisotopic (exact) mass is 243 g/mol. The molecule has 0 spiro atoms. The van der Waals surface area contributed by atoms with E-state index in [1.807, 2.05) is 0 Å². The first kappa shape index (κ1) is 11.9. The molecule has 1 heterocycles. The predicted molar refractivity (Wildman–Crippen MR) is 65.7 cm³/mol. The van der Waals surface area contributed by atoms with E-state index < -0.39 is 11.7 Å². The van der Waals surface area contributed by atoms with Gasteiger partial charge < -0.3 is 0 Å². The molecule has 18 heavy (non-hydrogen) atoms. The minimum atomic E-state index is -0.459. The van der Waals surface area contributed by atoms with Crippen LogP contribution >= 0.6 is 0 Å². The number of benzene rings is 1. The standard InChI is InChI=1S/C13H10FN3O/c14-12-3-1-2-11(8-12)13(18)17-16-9-10-4-6-15-7-5-10/h1-9H,(H,17,18)/b16-9-. The lowest BCUT2D eigenvalue weighted by atomic mass is 10.2. The van der Waals surface area contributed by atoms with Crippen molar-refractivity contribution in [1.29, 1.82) is 0 Å². The lowest BCUT2D eigenvalue weighted by Crippen LogP contribution is -2.17. The topological polar surface area (TPSA) is 54.4 Å². The number of hydrogen-bond acceptors (Lipinski definition) is 3. The molecular formula is C13H10FN3O. The fraction of sp³-hybridized carbons (Fsp3) is 0. The Morgan fingerprint density at radius 2 is 2.06 bits per heavy atom. The van der Waals surface area contributed by atoms with Gasteiger partial charge in [-0.2, -0.15) is 5.10 Å². The number of hydrogen-bond donors (Lipinski definition) is 1. The van der Waals surface area contributed by atoms with Crippen molar-refractivity contribution in [3.63, 3.8) is 0 Å². The molecule has 0 unspecified atom stereocenters. The Morgan fingerprint density at radius 1 is 1.28 bits per heavy atom. The Morgan fingerprint density at radius 3 is 2.78 bits per heavy atom. The molecule has 0 radical (unpaired) electrons. The summed E-state index contributed by atoms with van der Waals surface area (Å²) in [6.07, 6.45) is 4.73. The van der Waals surface area contributed by atoms with Crippen LogP contribution < -0.4 is 5.43 Å². The molecule has 0 fully saturated rings. The maximum atomic E-state index is 12.9. The van der Waals surface area contributed by atoms with Crippen LogP contribution in [0.3, 0.4) is 0 Å². The second kappa shape index (κ2) is 5.67. The predicted octanol–water partition coefficient (Wildman–Crippen LogP) is 1.98. The van der Waals surface area contributed by atoms with E-state index >= 15 is 0 Å². The van der Waals surface area contributed by atoms with Crippen molar-refractivity contribution in [1.82, 2.24) is 10.4 Å². The number of nitrogens with one attached hydrogen (secondary N) is 1. The first-order valence-electron chi connectivity index (χ1n) is 5.25. The van der Waals surface area contributed by atoms with Gasteiger partial charge in [0.2, 0.25) is 0 Å². The molecule has 0 saturated carbocycles. The van der Waals surface area contributed by atoms with Gasteiger partial charge in [-0.05, 0) is 35.9 Å². The largest absolute Gasteiger partial charge is 0.271 e. The molecule has 2 rings (SSSR count). The van der Waals surface area contributed by atoms with Gasteiger partial charge in [0.05, 0.1) is 6.21 Å². The summed E-state index contributed by atoms with van der Waals surface area (Å²) in [5, 5.41) is 3.77. The van der Waals surface area contributed by atoms with E-state index in [-0.39, 0.29) is 5.56 Å². The Balaban J connectivity index is 1.99. The summed E-state index contributed by atoms with van der Waals surface area (Å²) in [4.78, 5) is 15.4. The fourth-order valence-electron chi connectivity index (χ4n) is 1.31. The molecule has 0 bridgehead atoms. The van der Waals surface area contributed by atoms with Gasteiger partial charge in [0.15, 0.2) is 0 Å². The van der Waals surface area contributed by atoms with E-state index in [4.69, 9.17) is 0 Å². The molecular weight excluding hydrogens is 233 g/mol. The Kier molecular flexibility index (Phi) is 3.76. The molecule has 2 aromatic rings. The van der Waals surface area contributed by atoms with Gasteiger partial charge >= 0.3 is 0 Å². The minimum Gasteiger partial charge on any atom is -0.267 e. The number of halogens is 1. The Bertz CT molecular complexity index is 569. The lowest BCUT2D eigenvalue weighted by Gasteiger charge is -1.99. The lowest BCUT2D eigenvalue weighted by molar-refractivity contribution is 0.0954. The third-order valence-electron chi connectivity index (χ3n) is 2.17. The zero-order valence-corrected chi connectivity index (χ0v) is 9.38. The number of rotatable bonds is 3. The Hall–Kier alpha value is -2.56. The minimum absolute atomic E-state index is 0.224. The highest BCUT2D eigenvalue weighted by molar-refractivity contribution is 5.94. The fourth-order valence-corrected chi connectivity index (χ4v) is 1.31. The maximum absolute atomic E-state index is 12.9. The normalized spacial score (nSPS) is 10.5. The summed E-state index contributed by atoms with van der Waals surface area (Å²) < 4.78 is 12.9. The second-order valence-corrected chi connectivity index (χ2v) is 3.49. The number of amides is 1. The van der Waals surface area contributed by atoms with Crippen LogP contribution in [0.5, 0.6) is 0 Å². The van der Waals surface area contributed by atoms with Crippen molar-refractivity contribution in [2.45, 2.75) is 0 Å². The van der Waals surface area contributed by atoms with Crippen molar-refractivity contribution < 1.29 is 9.18 Å². The molecule has 4 nitrogen and oxygen atoms in total. The van der Waals surface area contributed by atoms with Gasteiger partial charge in [-0.1, -0.05) is 6.07 Å². The zero-order chi connectivity index (χ0) is 12.8. The van der Waals surface area contributed by atoms with Crippen LogP contribution in [0.15, 0.2) is 53.9 Å². The summed E-state index contributed by atoms with van der Waals surface area (Å²) >= 11 is 0. The van der Waals surface area contributed by atoms with Crippen LogP contribution in [-0.2, 0) is 0 Å². The number of carbonyl (C=O) groups is 1. The van der Waals surface area contributed by atoms with E-state index in [1.54, 1.807) is 24.5 Å². The van der Waals surface area contributed by atoms with Gasteiger partial charge in [-0.3, -0.25) is 9.78 Å². The third-order valence-corrected chi connectivity index (χ3v) is 2.17. The van der Waals surface area contributed by atoms with E-state index in [0.717, 1.165) is 11.6 Å². The van der Waals surface area contributed by atoms with Gasteiger partial charge in [-0.25, -0.2) is 9.82 Å². The van der Waals surface area contributed by atoms with Crippen LogP contribution in [0, 0.1) is 5.82 Å². The summed E-state index contributed by atoms with van der Waals surface area (Å²) in [6.45, 7) is 0. The van der Waals surface area contributed by atoms with Gasteiger partial charge in [0, 0.05) is 18.0 Å². The number of nitrogens with zero attached hydrogens (tertiary/aromatic N) is 2. The average molecular weight is 243 g/mol. The molecule has 0 aliphatic carbocycles. The Labute approximate surface area is 103 Å². The highest BCUT2D eigenvalue weighted by Gasteiger charge is 2.04. The summed E-state index contributed by atoms with van der Waals surface area (Å²) in [7, 11) is 0. The van der Waals surface area contributed by atoms with Crippen molar-refractivity contribution >= 4 is 12.1 Å². The second-order valence-electron chi connectivity index (χ2n) is 3.49. The van der Waals surface area contributed by atoms with Gasteiger partial charge in [0.1, 0.15) is 5.82 Å². The van der Waals surface area contributed by atoms with E-state index in [2.05, 4.69) is 15.5 Å². The SMILES string of the molecule is O=C(N/N=C\c1ccncc1)c1cccc(F)c1. The summed E-state index contributed by atoms with van der Waals surface area (Å²) in [5.41, 5.74) is 3.35. The average Bonchev–Trinajstić information content (AvgIpc) is 2.40. The van der Waals surface area contributed by atoms with E-state index in [1.165, 1.54) is 24.4 Å². The molecule has 1 amide bonds. The molecule has 0 saturated heterocycles. The molecule has 5 heteroatoms. The van der Waals surface area contributed by atoms with E-state index in [0.29, 0.717) is 0 Å². The quantitative estimate of drug-likeness (QED) is 0.662. The van der Waals surface area contributed by atoms with Crippen LogP contribution in [0.4, 0.5) is 4.39 Å². The third kappa shape index (κ3) is 3.21. The van der Waals surface area contributed by atoms with Gasteiger partial charge in [0.25, 0.3) is 5.91 Å². The summed E-state index contributed by atoms with van der Waals surface area (Å²) in [5.74, 6) is -0.916. The molecule has 1 aromatic carbocycles. The van der Waals surface area contributed by atoms with Gasteiger partial charge in [-0.15, -0.1) is 0 Å². The highest BCUT2D eigenvalue weighted by atomic mass is 19.1. The number of pyridine rings is 1. The summed E-state index contributed by atoms with van der Waals surface area (Å²) in [6, 6.07) is 8.90. The number of aromatic nitrogens is 1. The molecule has 1 N–H and O–H groups in total. The zero-order valence-electron chi connectivity index (χ0n) is 9.38. The van der Waals surface area contributed by atoms with Crippen LogP contribution in [0.2, 0.25) is 0 Å². The number of carbonyl (C=O) groups excluding carboxylic acids is 1. The molecule has 1 aromatic heterocycles. The van der Waals surface area contributed by atoms with Crippen molar-refractivity contribution in [3.05, 3.63) is 65.7 Å². The van der Waals surface area contributed by atoms with Crippen molar-refractivity contribution in [2.24, 2.45) is 5.10 Å². The smallest absolute Gasteiger partial charge is 0.267 e. The van der Waals surface area contributed by atoms with Crippen LogP contribution in [0.1, 0.15) is 15.9 Å². The first-order chi connectivity index (χ1) is 8.75. The van der Waals surface area contributed by atoms with Crippen LogP contribution in [-0.4, -0.2) is 17.1 Å². The molecule has 0 atom stereocenters. The van der Waals surface area contributed by atoms with Crippen molar-refractivity contribution in [3.8, 4) is 0 Å². The van der Waals surface area contributed by atoms with Crippen molar-refractivity contribution in [2.75, 3.05) is 0 Å². The molecule has 0 aliphatic rings.